The molecule has 4 heteroatoms. The average molecular weight is 102 g/mol. The van der Waals surface area contributed by atoms with Crippen molar-refractivity contribution >= 4 is 12.2 Å². The Morgan fingerprint density at radius 3 is 3.00 bits per heavy atom. The van der Waals surface area contributed by atoms with E-state index in [1.165, 1.54) is 6.20 Å². The molecule has 0 bridgehead atoms. The molecular weight excluding hydrogens is 100 g/mol. The van der Waals surface area contributed by atoms with Crippen molar-refractivity contribution in [2.24, 2.45) is 0 Å². The van der Waals surface area contributed by atoms with Crippen molar-refractivity contribution in [2.45, 2.75) is 0 Å². The van der Waals surface area contributed by atoms with Crippen LogP contribution >= 0.6 is 12.2 Å². The van der Waals surface area contributed by atoms with E-state index in [0.717, 1.165) is 0 Å². The number of rotatable bonds is 0. The smallest absolute Gasteiger partial charge is 0.240 e. The molecule has 1 N–H and O–H groups in total. The summed E-state index contributed by atoms with van der Waals surface area (Å²) in [4.78, 5) is 0. The van der Waals surface area contributed by atoms with E-state index >= 15 is 0 Å². The molecule has 0 fully saturated rings. The van der Waals surface area contributed by atoms with Crippen molar-refractivity contribution in [1.29, 1.82) is 0 Å². The molecule has 3 nitrogen and oxygen atoms in total. The molecule has 6 heavy (non-hydrogen) atoms. The Labute approximate surface area is 38.9 Å². The molecule has 0 saturated carbocycles. The number of H-pyrrole nitrogens is 1. The van der Waals surface area contributed by atoms with E-state index in [1.54, 1.807) is 0 Å². The first-order chi connectivity index (χ1) is 2.89. The molecule has 0 aliphatic heterocycles. The lowest BCUT2D eigenvalue weighted by atomic mass is 11.0. The molecule has 0 radical (unpaired) electrons. The second-order valence-electron chi connectivity index (χ2n) is 0.771. The molecule has 1 heterocycles. The zero-order chi connectivity index (χ0) is 4.41. The summed E-state index contributed by atoms with van der Waals surface area (Å²) in [7, 11) is 0. The summed E-state index contributed by atoms with van der Waals surface area (Å²) < 4.78 is 4.80. The van der Waals surface area contributed by atoms with Gasteiger partial charge in [-0.25, -0.2) is 0 Å². The predicted molar refractivity (Wildman–Crippen MR) is 21.7 cm³/mol. The first-order valence-electron chi connectivity index (χ1n) is 1.38. The maximum absolute atomic E-state index is 4.48. The number of aromatic amines is 1. The summed E-state index contributed by atoms with van der Waals surface area (Å²) in [5.74, 6) is 0. The van der Waals surface area contributed by atoms with Crippen LogP contribution in [0.2, 0.25) is 0 Å². The normalized spacial score (nSPS) is 8.67. The quantitative estimate of drug-likeness (QED) is 0.491. The van der Waals surface area contributed by atoms with Gasteiger partial charge < -0.3 is 4.52 Å². The molecular formula is C2H2N2OS. The van der Waals surface area contributed by atoms with Gasteiger partial charge in [0.05, 0.1) is 0 Å². The van der Waals surface area contributed by atoms with Crippen molar-refractivity contribution in [3.8, 4) is 0 Å². The van der Waals surface area contributed by atoms with Crippen molar-refractivity contribution in [2.75, 3.05) is 0 Å². The number of nitrogens with zero attached hydrogens (tertiary/aromatic N) is 1. The van der Waals surface area contributed by atoms with Gasteiger partial charge in [-0.3, -0.25) is 0 Å². The van der Waals surface area contributed by atoms with Gasteiger partial charge in [-0.05, 0) is 12.2 Å². The van der Waals surface area contributed by atoms with Crippen LogP contribution in [0.1, 0.15) is 0 Å². The van der Waals surface area contributed by atoms with Crippen LogP contribution in [0.4, 0.5) is 0 Å². The predicted octanol–water partition coefficient (Wildman–Crippen LogP) is 0.732. The lowest BCUT2D eigenvalue weighted by Crippen LogP contribution is -1.53. The van der Waals surface area contributed by atoms with Gasteiger partial charge >= 0.3 is 0 Å². The van der Waals surface area contributed by atoms with Crippen LogP contribution in [-0.4, -0.2) is 10.4 Å². The molecule has 0 aliphatic carbocycles. The highest BCUT2D eigenvalue weighted by molar-refractivity contribution is 7.71. The maximum atomic E-state index is 4.48. The Kier molecular flexibility index (Phi) is 0.719. The topological polar surface area (TPSA) is 41.8 Å². The molecule has 0 saturated heterocycles. The molecule has 0 amide bonds. The second-order valence-corrected chi connectivity index (χ2v) is 1.17. The Bertz CT molecular complexity index is 149. The molecule has 1 aromatic heterocycles. The lowest BCUT2D eigenvalue weighted by Gasteiger charge is -1.54. The number of aromatic nitrogens is 2. The fraction of sp³-hybridized carbons (Fsp3) is 0. The minimum atomic E-state index is 0.384. The first-order valence-corrected chi connectivity index (χ1v) is 1.79. The van der Waals surface area contributed by atoms with Gasteiger partial charge in [0.25, 0.3) is 0 Å². The summed E-state index contributed by atoms with van der Waals surface area (Å²) in [6, 6.07) is 0. The number of hydrogen-bond donors (Lipinski definition) is 1. The lowest BCUT2D eigenvalue weighted by molar-refractivity contribution is 0.383. The highest BCUT2D eigenvalue weighted by atomic mass is 32.1. The van der Waals surface area contributed by atoms with Crippen LogP contribution in [0, 0.1) is 4.71 Å². The van der Waals surface area contributed by atoms with Crippen LogP contribution in [0.3, 0.4) is 0 Å². The molecule has 0 unspecified atom stereocenters. The Balaban J connectivity index is 3.41. The van der Waals surface area contributed by atoms with E-state index in [9.17, 15) is 0 Å². The van der Waals surface area contributed by atoms with Crippen LogP contribution in [0.5, 0.6) is 0 Å². The van der Waals surface area contributed by atoms with Crippen LogP contribution in [0.15, 0.2) is 10.7 Å². The molecule has 32 valence electrons. The van der Waals surface area contributed by atoms with Crippen LogP contribution < -0.4 is 0 Å². The van der Waals surface area contributed by atoms with Gasteiger partial charge in [0.1, 0.15) is 6.20 Å². The molecule has 1 rings (SSSR count). The third-order valence-electron chi connectivity index (χ3n) is 0.369. The minimum absolute atomic E-state index is 0.384. The third-order valence-corrected chi connectivity index (χ3v) is 0.558. The van der Waals surface area contributed by atoms with Crippen molar-refractivity contribution in [3.63, 3.8) is 0 Å². The highest BCUT2D eigenvalue weighted by Crippen LogP contribution is 1.77. The number of nitrogens with one attached hydrogen (secondary N) is 1. The SMILES string of the molecule is S=c1cn[nH]o1. The van der Waals surface area contributed by atoms with E-state index < -0.39 is 0 Å². The molecule has 1 aromatic rings. The zero-order valence-corrected chi connectivity index (χ0v) is 3.66. The zero-order valence-electron chi connectivity index (χ0n) is 2.84. The third kappa shape index (κ3) is 0.463. The molecule has 0 spiro atoms. The van der Waals surface area contributed by atoms with Gasteiger partial charge in [0.15, 0.2) is 0 Å². The standard InChI is InChI=1S/C2H2N2OS/c6-2-1-3-4-5-2/h1,4H. The molecule has 0 aliphatic rings. The van der Waals surface area contributed by atoms with E-state index in [-0.39, 0.29) is 0 Å². The van der Waals surface area contributed by atoms with Crippen LogP contribution in [-0.2, 0) is 0 Å². The van der Waals surface area contributed by atoms with Crippen LogP contribution in [0.25, 0.3) is 0 Å². The first kappa shape index (κ1) is 3.55. The highest BCUT2D eigenvalue weighted by Gasteiger charge is 1.70. The Morgan fingerprint density at radius 1 is 2.00 bits per heavy atom. The van der Waals surface area contributed by atoms with Gasteiger partial charge in [0, 0.05) is 0 Å². The maximum Gasteiger partial charge on any atom is 0.240 e. The van der Waals surface area contributed by atoms with E-state index in [4.69, 9.17) is 0 Å². The summed E-state index contributed by atoms with van der Waals surface area (Å²) in [5, 5.41) is 5.63. The average Bonchev–Trinajstić information content (AvgIpc) is 1.86. The fourth-order valence-corrected chi connectivity index (χ4v) is 0.267. The summed E-state index contributed by atoms with van der Waals surface area (Å²) in [5.41, 5.74) is 0. The summed E-state index contributed by atoms with van der Waals surface area (Å²) in [6.45, 7) is 0. The van der Waals surface area contributed by atoms with E-state index in [1.807, 2.05) is 0 Å². The van der Waals surface area contributed by atoms with Crippen molar-refractivity contribution in [1.82, 2.24) is 10.4 Å². The Hall–Kier alpha value is -0.640. The van der Waals surface area contributed by atoms with Crippen molar-refractivity contribution in [3.05, 3.63) is 10.9 Å². The number of hydrogen-bond acceptors (Lipinski definition) is 3. The van der Waals surface area contributed by atoms with Gasteiger partial charge in [0.2, 0.25) is 4.71 Å². The monoisotopic (exact) mass is 102 g/mol. The second kappa shape index (κ2) is 1.22. The minimum Gasteiger partial charge on any atom is -0.352 e. The molecule has 0 atom stereocenters. The largest absolute Gasteiger partial charge is 0.352 e. The van der Waals surface area contributed by atoms with E-state index in [0.29, 0.717) is 4.71 Å². The summed E-state index contributed by atoms with van der Waals surface area (Å²) >= 11 is 4.48. The van der Waals surface area contributed by atoms with Gasteiger partial charge in [-0.2, -0.15) is 0 Å². The molecule has 0 aromatic carbocycles. The summed E-state index contributed by atoms with van der Waals surface area (Å²) in [6.07, 6.45) is 1.43. The Morgan fingerprint density at radius 2 is 2.83 bits per heavy atom. The van der Waals surface area contributed by atoms with Crippen molar-refractivity contribution < 1.29 is 4.52 Å². The van der Waals surface area contributed by atoms with Gasteiger partial charge in [-0.15, -0.1) is 10.4 Å². The van der Waals surface area contributed by atoms with Gasteiger partial charge in [-0.1, -0.05) is 0 Å². The van der Waals surface area contributed by atoms with E-state index in [2.05, 4.69) is 27.1 Å². The fourth-order valence-electron chi connectivity index (χ4n) is 0.177.